The molecule has 41 heavy (non-hydrogen) atoms. The van der Waals surface area contributed by atoms with Crippen LogP contribution in [0.1, 0.15) is 12.8 Å². The Bertz CT molecular complexity index is 1330. The van der Waals surface area contributed by atoms with E-state index < -0.39 is 22.2 Å². The molecule has 2 aromatic carbocycles. The van der Waals surface area contributed by atoms with Gasteiger partial charge in [-0.05, 0) is 57.3 Å². The predicted octanol–water partition coefficient (Wildman–Crippen LogP) is 3.27. The zero-order valence-electron chi connectivity index (χ0n) is 23.4. The Morgan fingerprint density at radius 1 is 1.02 bits per heavy atom. The van der Waals surface area contributed by atoms with Crippen LogP contribution in [-0.4, -0.2) is 107 Å². The van der Waals surface area contributed by atoms with Crippen molar-refractivity contribution in [1.29, 1.82) is 0 Å². The van der Waals surface area contributed by atoms with E-state index in [1.54, 1.807) is 19.2 Å². The Kier molecular flexibility index (Phi) is 9.93. The number of fused-ring (bicyclic) bond motifs is 1. The molecule has 2 aromatic rings. The predicted molar refractivity (Wildman–Crippen MR) is 147 cm³/mol. The molecule has 0 aliphatic carbocycles. The number of alkyl halides is 3. The molecular formula is C27H35F3N4O6S. The zero-order chi connectivity index (χ0) is 30.6. The summed E-state index contributed by atoms with van der Waals surface area (Å²) in [6, 6.07) is 15.1. The summed E-state index contributed by atoms with van der Waals surface area (Å²) >= 11 is 0. The Morgan fingerprint density at radius 3 is 2.15 bits per heavy atom. The summed E-state index contributed by atoms with van der Waals surface area (Å²) in [7, 11) is 3.57. The largest absolute Gasteiger partial charge is 0.492 e. The molecule has 14 heteroatoms. The third-order valence-electron chi connectivity index (χ3n) is 7.11. The van der Waals surface area contributed by atoms with Crippen LogP contribution in [0.2, 0.25) is 0 Å². The fourth-order valence-electron chi connectivity index (χ4n) is 4.73. The lowest BCUT2D eigenvalue weighted by atomic mass is 9.79. The first-order valence-corrected chi connectivity index (χ1v) is 14.2. The highest BCUT2D eigenvalue weighted by Gasteiger charge is 2.42. The number of amides is 1. The highest BCUT2D eigenvalue weighted by molar-refractivity contribution is 7.89. The summed E-state index contributed by atoms with van der Waals surface area (Å²) in [5.41, 5.74) is 1.41. The number of aliphatic carboxylic acids is 1. The quantitative estimate of drug-likeness (QED) is 0.570. The molecule has 2 aliphatic rings. The molecular weight excluding hydrogens is 565 g/mol. The van der Waals surface area contributed by atoms with E-state index in [0.717, 1.165) is 11.4 Å². The van der Waals surface area contributed by atoms with Gasteiger partial charge in [0, 0.05) is 50.5 Å². The number of carboxylic acid groups (broad SMARTS) is 1. The number of hydrogen-bond donors (Lipinski definition) is 1. The third kappa shape index (κ3) is 7.89. The van der Waals surface area contributed by atoms with Gasteiger partial charge in [0.1, 0.15) is 10.6 Å². The Morgan fingerprint density at radius 2 is 1.61 bits per heavy atom. The molecule has 0 aromatic heterocycles. The fraction of sp³-hybridized carbons (Fsp3) is 0.481. The maximum Gasteiger partial charge on any atom is 0.490 e. The number of ether oxygens (including phenoxy) is 1. The molecule has 0 saturated carbocycles. The van der Waals surface area contributed by atoms with Gasteiger partial charge < -0.3 is 24.5 Å². The number of carbonyl (C=O) groups is 2. The number of halogens is 3. The van der Waals surface area contributed by atoms with Crippen LogP contribution in [0.25, 0.3) is 0 Å². The average Bonchev–Trinajstić information content (AvgIpc) is 2.91. The lowest BCUT2D eigenvalue weighted by Gasteiger charge is -2.44. The van der Waals surface area contributed by atoms with Crippen LogP contribution in [0.3, 0.4) is 0 Å². The van der Waals surface area contributed by atoms with Gasteiger partial charge in [0.2, 0.25) is 15.9 Å². The SMILES string of the molecule is CN(C)CC(=O)N1CCC2(CC1)COc1ccc(N(C)c3ccccc3)cc1S(=O)(=O)N(C)C2.O=C(O)C(F)(F)F. The van der Waals surface area contributed by atoms with Gasteiger partial charge in [-0.3, -0.25) is 4.79 Å². The van der Waals surface area contributed by atoms with Crippen molar-refractivity contribution in [1.82, 2.24) is 14.1 Å². The number of likely N-dealkylation sites (tertiary alicyclic amines) is 1. The average molecular weight is 601 g/mol. The van der Waals surface area contributed by atoms with E-state index in [9.17, 15) is 26.4 Å². The number of rotatable bonds is 4. The Balaban J connectivity index is 0.000000587. The number of piperidine rings is 1. The van der Waals surface area contributed by atoms with Crippen LogP contribution < -0.4 is 9.64 Å². The van der Waals surface area contributed by atoms with Crippen molar-refractivity contribution in [2.75, 3.05) is 65.9 Å². The second-order valence-electron chi connectivity index (χ2n) is 10.5. The lowest BCUT2D eigenvalue weighted by Crippen LogP contribution is -2.52. The first-order chi connectivity index (χ1) is 19.1. The maximum absolute atomic E-state index is 13.6. The van der Waals surface area contributed by atoms with Gasteiger partial charge in [0.25, 0.3) is 0 Å². The van der Waals surface area contributed by atoms with E-state index in [1.165, 1.54) is 4.31 Å². The highest BCUT2D eigenvalue weighted by atomic mass is 32.2. The van der Waals surface area contributed by atoms with Crippen molar-refractivity contribution in [3.05, 3.63) is 48.5 Å². The summed E-state index contributed by atoms with van der Waals surface area (Å²) in [6.07, 6.45) is -3.67. The van der Waals surface area contributed by atoms with E-state index in [0.29, 0.717) is 51.4 Å². The Hall–Kier alpha value is -3.36. The molecule has 226 valence electrons. The van der Waals surface area contributed by atoms with Gasteiger partial charge in [0.15, 0.2) is 0 Å². The molecule has 0 bridgehead atoms. The number of sulfonamides is 1. The van der Waals surface area contributed by atoms with Gasteiger partial charge in [-0.25, -0.2) is 17.5 Å². The standard InChI is InChI=1S/C25H34N4O4S.C2HF3O2/c1-26(2)17-24(30)29-14-12-25(13-15-29)18-27(3)34(31,32)23-16-21(10-11-22(23)33-19-25)28(4)20-8-6-5-7-9-20;3-2(4,5)1(6)7/h5-11,16H,12-15,17-19H2,1-4H3;(H,6,7). The molecule has 2 heterocycles. The number of carbonyl (C=O) groups excluding carboxylic acids is 1. The van der Waals surface area contributed by atoms with Gasteiger partial charge in [0.05, 0.1) is 13.2 Å². The number of likely N-dealkylation sites (N-methyl/N-ethyl adjacent to an activating group) is 1. The molecule has 1 amide bonds. The lowest BCUT2D eigenvalue weighted by molar-refractivity contribution is -0.192. The first kappa shape index (κ1) is 32.2. The third-order valence-corrected chi connectivity index (χ3v) is 8.93. The fourth-order valence-corrected chi connectivity index (χ4v) is 6.16. The normalized spacial score (nSPS) is 18.3. The topological polar surface area (TPSA) is 111 Å². The van der Waals surface area contributed by atoms with E-state index >= 15 is 0 Å². The molecule has 0 atom stereocenters. The van der Waals surface area contributed by atoms with Crippen molar-refractivity contribution in [3.63, 3.8) is 0 Å². The van der Waals surface area contributed by atoms with Gasteiger partial charge in [-0.1, -0.05) is 18.2 Å². The summed E-state index contributed by atoms with van der Waals surface area (Å²) < 4.78 is 66.5. The number of para-hydroxylation sites is 1. The van der Waals surface area contributed by atoms with Gasteiger partial charge >= 0.3 is 12.1 Å². The van der Waals surface area contributed by atoms with Crippen molar-refractivity contribution in [2.24, 2.45) is 5.41 Å². The summed E-state index contributed by atoms with van der Waals surface area (Å²) in [4.78, 5) is 27.2. The smallest absolute Gasteiger partial charge is 0.490 e. The molecule has 1 fully saturated rings. The molecule has 0 unspecified atom stereocenters. The van der Waals surface area contributed by atoms with Crippen molar-refractivity contribution in [3.8, 4) is 5.75 Å². The number of anilines is 2. The molecule has 1 saturated heterocycles. The Labute approximate surface area is 237 Å². The van der Waals surface area contributed by atoms with Crippen LogP contribution in [0, 0.1) is 5.41 Å². The number of hydrogen-bond acceptors (Lipinski definition) is 7. The number of nitrogens with zero attached hydrogens (tertiary/aromatic N) is 4. The molecule has 10 nitrogen and oxygen atoms in total. The van der Waals surface area contributed by atoms with Crippen molar-refractivity contribution < 1.29 is 41.0 Å². The molecule has 1 spiro atoms. The summed E-state index contributed by atoms with van der Waals surface area (Å²) in [6.45, 7) is 2.38. The van der Waals surface area contributed by atoms with E-state index in [2.05, 4.69) is 0 Å². The minimum absolute atomic E-state index is 0.105. The minimum Gasteiger partial charge on any atom is -0.492 e. The van der Waals surface area contributed by atoms with Gasteiger partial charge in [-0.15, -0.1) is 0 Å². The monoisotopic (exact) mass is 600 g/mol. The van der Waals surface area contributed by atoms with Crippen LogP contribution >= 0.6 is 0 Å². The van der Waals surface area contributed by atoms with Gasteiger partial charge in [-0.2, -0.15) is 13.2 Å². The second-order valence-corrected chi connectivity index (χ2v) is 12.5. The molecule has 0 radical (unpaired) electrons. The number of carboxylic acids is 1. The van der Waals surface area contributed by atoms with Crippen LogP contribution in [0.5, 0.6) is 5.75 Å². The van der Waals surface area contributed by atoms with E-state index in [-0.39, 0.29) is 16.2 Å². The van der Waals surface area contributed by atoms with Crippen LogP contribution in [-0.2, 0) is 19.6 Å². The zero-order valence-corrected chi connectivity index (χ0v) is 24.2. The number of benzene rings is 2. The summed E-state index contributed by atoms with van der Waals surface area (Å²) in [5, 5.41) is 7.12. The minimum atomic E-state index is -5.08. The van der Waals surface area contributed by atoms with E-state index in [4.69, 9.17) is 14.6 Å². The highest BCUT2D eigenvalue weighted by Crippen LogP contribution is 2.40. The van der Waals surface area contributed by atoms with Crippen molar-refractivity contribution >= 4 is 33.3 Å². The first-order valence-electron chi connectivity index (χ1n) is 12.8. The summed E-state index contributed by atoms with van der Waals surface area (Å²) in [5.74, 6) is -2.28. The maximum atomic E-state index is 13.6. The van der Waals surface area contributed by atoms with E-state index in [1.807, 2.05) is 72.2 Å². The molecule has 4 rings (SSSR count). The van der Waals surface area contributed by atoms with Crippen LogP contribution in [0.4, 0.5) is 24.5 Å². The second kappa shape index (κ2) is 12.7. The van der Waals surface area contributed by atoms with Crippen LogP contribution in [0.15, 0.2) is 53.4 Å². The molecule has 1 N–H and O–H groups in total. The van der Waals surface area contributed by atoms with Crippen molar-refractivity contribution in [2.45, 2.75) is 23.9 Å². The molecule has 2 aliphatic heterocycles.